The molecule has 0 bridgehead atoms. The van der Waals surface area contributed by atoms with Crippen LogP contribution in [0.25, 0.3) is 0 Å². The molecule has 3 N–H and O–H groups in total. The molecule has 0 heterocycles. The number of unbranched alkanes of at least 4 members (excludes halogenated alkanes) is 5. The van der Waals surface area contributed by atoms with Crippen molar-refractivity contribution < 1.29 is 23.4 Å². The summed E-state index contributed by atoms with van der Waals surface area (Å²) in [5.41, 5.74) is 0. The van der Waals surface area contributed by atoms with Gasteiger partial charge in [0.1, 0.15) is 6.61 Å². The largest absolute Gasteiger partial charge is 0.448 e. The van der Waals surface area contributed by atoms with Crippen molar-refractivity contribution in [1.82, 2.24) is 16.0 Å². The number of nitrogens with one attached hydrogen (secondary N) is 3. The molecule has 0 fully saturated rings. The predicted octanol–water partition coefficient (Wildman–Crippen LogP) is 3.67. The molecular formula is C19H40N3O5PS2. The van der Waals surface area contributed by atoms with E-state index in [1.54, 1.807) is 11.8 Å². The molecule has 1 atom stereocenters. The number of thiol groups is 1. The average molecular weight is 486 g/mol. The molecule has 178 valence electrons. The van der Waals surface area contributed by atoms with Crippen LogP contribution in [0.3, 0.4) is 0 Å². The summed E-state index contributed by atoms with van der Waals surface area (Å²) in [6.07, 6.45) is 8.89. The zero-order valence-corrected chi connectivity index (χ0v) is 21.1. The third-order valence-electron chi connectivity index (χ3n) is 4.07. The second-order valence-electron chi connectivity index (χ2n) is 7.02. The van der Waals surface area contributed by atoms with Crippen molar-refractivity contribution in [3.63, 3.8) is 0 Å². The first-order valence-corrected chi connectivity index (χ1v) is 15.3. The lowest BCUT2D eigenvalue weighted by atomic mass is 10.2. The van der Waals surface area contributed by atoms with E-state index in [2.05, 4.69) is 28.2 Å². The molecule has 11 heteroatoms. The van der Waals surface area contributed by atoms with Crippen molar-refractivity contribution in [2.24, 2.45) is 0 Å². The minimum absolute atomic E-state index is 0.130. The number of hydrogen-bond donors (Lipinski definition) is 4. The van der Waals surface area contributed by atoms with Crippen LogP contribution >= 0.6 is 30.6 Å². The minimum atomic E-state index is -2.67. The van der Waals surface area contributed by atoms with Gasteiger partial charge >= 0.3 is 6.09 Å². The number of amides is 2. The molecule has 8 nitrogen and oxygen atoms in total. The van der Waals surface area contributed by atoms with Gasteiger partial charge in [0.2, 0.25) is 5.91 Å². The Morgan fingerprint density at radius 2 is 1.53 bits per heavy atom. The fourth-order valence-electron chi connectivity index (χ4n) is 2.46. The van der Waals surface area contributed by atoms with Crippen molar-refractivity contribution in [1.29, 1.82) is 0 Å². The Morgan fingerprint density at radius 3 is 2.23 bits per heavy atom. The van der Waals surface area contributed by atoms with Gasteiger partial charge in [0, 0.05) is 38.5 Å². The number of thioether (sulfide) groups is 1. The van der Waals surface area contributed by atoms with E-state index in [4.69, 9.17) is 9.26 Å². The summed E-state index contributed by atoms with van der Waals surface area (Å²) < 4.78 is 21.4. The van der Waals surface area contributed by atoms with E-state index in [0.29, 0.717) is 32.7 Å². The van der Waals surface area contributed by atoms with Crippen LogP contribution in [0.1, 0.15) is 51.4 Å². The number of carbonyl (C=O) groups is 2. The van der Waals surface area contributed by atoms with Crippen LogP contribution in [-0.2, 0) is 18.6 Å². The van der Waals surface area contributed by atoms with E-state index >= 15 is 0 Å². The molecular weight excluding hydrogens is 445 g/mol. The predicted molar refractivity (Wildman–Crippen MR) is 129 cm³/mol. The highest BCUT2D eigenvalue weighted by atomic mass is 32.7. The summed E-state index contributed by atoms with van der Waals surface area (Å²) in [6, 6.07) is 0. The van der Waals surface area contributed by atoms with Gasteiger partial charge in [0.15, 0.2) is 0 Å². The van der Waals surface area contributed by atoms with Crippen LogP contribution in [0.2, 0.25) is 0 Å². The van der Waals surface area contributed by atoms with Gasteiger partial charge in [-0.2, -0.15) is 11.8 Å². The molecule has 0 aliphatic rings. The lowest BCUT2D eigenvalue weighted by Gasteiger charge is -2.09. The Kier molecular flexibility index (Phi) is 20.2. The third-order valence-corrected chi connectivity index (χ3v) is 5.69. The highest BCUT2D eigenvalue weighted by molar-refractivity contribution is 8.46. The van der Waals surface area contributed by atoms with Crippen LogP contribution < -0.4 is 16.0 Å². The SMILES string of the molecule is CSCCC(=O)NCCCCCNCCOC(=O)NCCCCCCOP(C)(=O)S. The summed E-state index contributed by atoms with van der Waals surface area (Å²) >= 11 is 5.55. The summed E-state index contributed by atoms with van der Waals surface area (Å²) in [6.45, 7) is 2.43. The fourth-order valence-corrected chi connectivity index (χ4v) is 3.56. The van der Waals surface area contributed by atoms with E-state index in [0.717, 1.165) is 63.8 Å². The van der Waals surface area contributed by atoms with Crippen molar-refractivity contribution in [3.05, 3.63) is 0 Å². The van der Waals surface area contributed by atoms with E-state index < -0.39 is 6.57 Å². The van der Waals surface area contributed by atoms with Gasteiger partial charge in [0.25, 0.3) is 6.57 Å². The standard InChI is InChI=1S/C19H40N3O5PS2/c1-28(25,29)27-15-9-4-3-7-13-22-19(24)26-16-14-20-11-6-5-8-12-21-18(23)10-17-30-2/h20H,3-17H2,1-2H3,(H,21,23)(H,22,24)(H,25,29). The zero-order chi connectivity index (χ0) is 22.5. The van der Waals surface area contributed by atoms with Gasteiger partial charge in [-0.15, -0.1) is 0 Å². The summed E-state index contributed by atoms with van der Waals surface area (Å²) in [5, 5.41) is 8.90. The van der Waals surface area contributed by atoms with Crippen LogP contribution in [0.5, 0.6) is 0 Å². The molecule has 0 aromatic carbocycles. The molecule has 0 saturated carbocycles. The van der Waals surface area contributed by atoms with E-state index in [-0.39, 0.29) is 12.0 Å². The quantitative estimate of drug-likeness (QED) is 0.118. The van der Waals surface area contributed by atoms with Crippen LogP contribution in [0.4, 0.5) is 4.79 Å². The molecule has 30 heavy (non-hydrogen) atoms. The maximum atomic E-state index is 11.6. The van der Waals surface area contributed by atoms with Crippen LogP contribution in [-0.4, -0.2) is 70.1 Å². The Labute approximate surface area is 191 Å². The fraction of sp³-hybridized carbons (Fsp3) is 0.895. The Morgan fingerprint density at radius 1 is 0.900 bits per heavy atom. The maximum absolute atomic E-state index is 11.6. The molecule has 2 amide bonds. The maximum Gasteiger partial charge on any atom is 0.407 e. The first-order valence-electron chi connectivity index (χ1n) is 10.7. The second-order valence-corrected chi connectivity index (χ2v) is 12.0. The van der Waals surface area contributed by atoms with Gasteiger partial charge in [0.05, 0.1) is 6.61 Å². The van der Waals surface area contributed by atoms with Gasteiger partial charge in [-0.1, -0.05) is 31.5 Å². The molecule has 0 aliphatic heterocycles. The zero-order valence-electron chi connectivity index (χ0n) is 18.5. The first-order chi connectivity index (χ1) is 14.3. The highest BCUT2D eigenvalue weighted by Gasteiger charge is 2.07. The molecule has 0 saturated heterocycles. The van der Waals surface area contributed by atoms with Gasteiger partial charge in [-0.05, 0) is 38.5 Å². The topological polar surface area (TPSA) is 106 Å². The molecule has 0 rings (SSSR count). The monoisotopic (exact) mass is 485 g/mol. The van der Waals surface area contributed by atoms with E-state index in [1.165, 1.54) is 6.66 Å². The minimum Gasteiger partial charge on any atom is -0.448 e. The highest BCUT2D eigenvalue weighted by Crippen LogP contribution is 2.47. The van der Waals surface area contributed by atoms with Crippen molar-refractivity contribution in [2.45, 2.75) is 51.4 Å². The number of ether oxygens (including phenoxy) is 1. The van der Waals surface area contributed by atoms with Gasteiger partial charge in [-0.3, -0.25) is 9.36 Å². The lowest BCUT2D eigenvalue weighted by molar-refractivity contribution is -0.120. The van der Waals surface area contributed by atoms with Gasteiger partial charge < -0.3 is 25.2 Å². The molecule has 1 unspecified atom stereocenters. The summed E-state index contributed by atoms with van der Waals surface area (Å²) in [5.74, 6) is 0.999. The van der Waals surface area contributed by atoms with Crippen molar-refractivity contribution >= 4 is 42.6 Å². The van der Waals surface area contributed by atoms with Crippen molar-refractivity contribution in [2.75, 3.05) is 58.1 Å². The Hall–Kier alpha value is -0.410. The number of hydrogen-bond acceptors (Lipinski definition) is 7. The summed E-state index contributed by atoms with van der Waals surface area (Å²) in [4.78, 5) is 23.0. The molecule has 0 aromatic heterocycles. The van der Waals surface area contributed by atoms with Crippen LogP contribution in [0, 0.1) is 0 Å². The Bertz CT molecular complexity index is 495. The second kappa shape index (κ2) is 20.5. The lowest BCUT2D eigenvalue weighted by Crippen LogP contribution is -2.29. The molecule has 0 aromatic rings. The molecule has 0 spiro atoms. The normalized spacial score (nSPS) is 12.9. The van der Waals surface area contributed by atoms with E-state index in [9.17, 15) is 14.2 Å². The van der Waals surface area contributed by atoms with Crippen molar-refractivity contribution in [3.8, 4) is 0 Å². The number of carbonyl (C=O) groups excluding carboxylic acids is 2. The van der Waals surface area contributed by atoms with Gasteiger partial charge in [-0.25, -0.2) is 4.79 Å². The third kappa shape index (κ3) is 23.9. The smallest absolute Gasteiger partial charge is 0.407 e. The first kappa shape index (κ1) is 29.6. The number of alkyl carbamates (subject to hydrolysis) is 1. The van der Waals surface area contributed by atoms with Crippen LogP contribution in [0.15, 0.2) is 0 Å². The summed E-state index contributed by atoms with van der Waals surface area (Å²) in [7, 11) is 0. The average Bonchev–Trinajstić information content (AvgIpc) is 2.68. The molecule has 0 radical (unpaired) electrons. The van der Waals surface area contributed by atoms with E-state index in [1.807, 2.05) is 6.26 Å². The number of rotatable bonds is 20. The Balaban J connectivity index is 3.27. The molecule has 0 aliphatic carbocycles.